The highest BCUT2D eigenvalue weighted by Gasteiger charge is 1.94. The van der Waals surface area contributed by atoms with Gasteiger partial charge in [0.1, 0.15) is 0 Å². The van der Waals surface area contributed by atoms with Gasteiger partial charge in [-0.25, -0.2) is 0 Å². The molecule has 0 fully saturated rings. The van der Waals surface area contributed by atoms with Crippen molar-refractivity contribution < 1.29 is 4.74 Å². The molecule has 0 heterocycles. The largest absolute Gasteiger partial charge is 0.504 e. The van der Waals surface area contributed by atoms with Crippen LogP contribution < -0.4 is 0 Å². The number of alkyl halides is 1. The zero-order valence-electron chi connectivity index (χ0n) is 13.5. The summed E-state index contributed by atoms with van der Waals surface area (Å²) in [5, 5.41) is -0.0264. The van der Waals surface area contributed by atoms with Crippen LogP contribution in [0.4, 0.5) is 0 Å². The maximum absolute atomic E-state index is 5.81. The highest BCUT2D eigenvalue weighted by molar-refractivity contribution is 7.96. The van der Waals surface area contributed by atoms with Crippen molar-refractivity contribution in [2.45, 2.75) is 12.3 Å². The molecule has 0 aromatic carbocycles. The molecule has 0 aromatic heterocycles. The number of hydrogen-bond donors (Lipinski definition) is 0. The van der Waals surface area contributed by atoms with Crippen LogP contribution in [-0.4, -0.2) is 62.2 Å². The molecule has 0 aliphatic carbocycles. The van der Waals surface area contributed by atoms with Crippen LogP contribution in [-0.2, 0) is 4.74 Å². The fourth-order valence-corrected chi connectivity index (χ4v) is 1.47. The summed E-state index contributed by atoms with van der Waals surface area (Å²) in [6, 6.07) is 0. The third-order valence-electron chi connectivity index (χ3n) is 2.17. The molecule has 0 aliphatic rings. The molecule has 1 atom stereocenters. The SMILES string of the molecule is C/C=C\C(Cl)C=C/C=C/OC.CSN(C)CCN(C)C. The first-order chi connectivity index (χ1) is 9.47. The van der Waals surface area contributed by atoms with E-state index in [-0.39, 0.29) is 5.38 Å². The average molecular weight is 321 g/mol. The van der Waals surface area contributed by atoms with E-state index in [2.05, 4.69) is 36.6 Å². The van der Waals surface area contributed by atoms with Crippen LogP contribution in [0, 0.1) is 0 Å². The van der Waals surface area contributed by atoms with Gasteiger partial charge in [-0.15, -0.1) is 11.6 Å². The highest BCUT2D eigenvalue weighted by atomic mass is 35.5. The molecule has 3 nitrogen and oxygen atoms in total. The summed E-state index contributed by atoms with van der Waals surface area (Å²) in [4.78, 5) is 2.19. The van der Waals surface area contributed by atoms with E-state index < -0.39 is 0 Å². The fraction of sp³-hybridized carbons (Fsp3) is 0.600. The van der Waals surface area contributed by atoms with E-state index in [1.165, 1.54) is 0 Å². The highest BCUT2D eigenvalue weighted by Crippen LogP contribution is 1.99. The second-order valence-electron chi connectivity index (χ2n) is 4.26. The number of rotatable bonds is 8. The molecule has 0 aromatic rings. The first kappa shape index (κ1) is 21.9. The number of likely N-dealkylation sites (N-methyl/N-ethyl adjacent to an activating group) is 2. The zero-order chi connectivity index (χ0) is 15.8. The second-order valence-corrected chi connectivity index (χ2v) is 5.75. The topological polar surface area (TPSA) is 15.7 Å². The molecule has 0 aliphatic heterocycles. The van der Waals surface area contributed by atoms with E-state index in [9.17, 15) is 0 Å². The summed E-state index contributed by atoms with van der Waals surface area (Å²) in [7, 11) is 7.89. The van der Waals surface area contributed by atoms with Gasteiger partial charge in [-0.1, -0.05) is 36.3 Å². The van der Waals surface area contributed by atoms with Crippen molar-refractivity contribution in [2.24, 2.45) is 0 Å². The van der Waals surface area contributed by atoms with Gasteiger partial charge in [0.15, 0.2) is 0 Å². The number of nitrogens with zero attached hydrogens (tertiary/aromatic N) is 2. The van der Waals surface area contributed by atoms with Gasteiger partial charge >= 0.3 is 0 Å². The summed E-state index contributed by atoms with van der Waals surface area (Å²) < 4.78 is 6.91. The molecular formula is C15H29ClN2OS. The van der Waals surface area contributed by atoms with Gasteiger partial charge in [0, 0.05) is 13.1 Å². The van der Waals surface area contributed by atoms with E-state index >= 15 is 0 Å². The van der Waals surface area contributed by atoms with Crippen LogP contribution in [0.15, 0.2) is 36.6 Å². The van der Waals surface area contributed by atoms with Crippen LogP contribution in [0.25, 0.3) is 0 Å². The monoisotopic (exact) mass is 320 g/mol. The lowest BCUT2D eigenvalue weighted by Gasteiger charge is -2.15. The fourth-order valence-electron chi connectivity index (χ4n) is 0.974. The molecule has 0 amide bonds. The molecular weight excluding hydrogens is 292 g/mol. The summed E-state index contributed by atoms with van der Waals surface area (Å²) in [5.74, 6) is 0. The Bertz CT molecular complexity index is 281. The predicted octanol–water partition coefficient (Wildman–Crippen LogP) is 3.64. The van der Waals surface area contributed by atoms with Gasteiger partial charge in [-0.3, -0.25) is 4.31 Å². The van der Waals surface area contributed by atoms with Gasteiger partial charge in [0.2, 0.25) is 0 Å². The van der Waals surface area contributed by atoms with E-state index in [1.54, 1.807) is 31.4 Å². The van der Waals surface area contributed by atoms with Crippen molar-refractivity contribution in [3.8, 4) is 0 Å². The smallest absolute Gasteiger partial charge is 0.0824 e. The molecule has 0 spiro atoms. The predicted molar refractivity (Wildman–Crippen MR) is 94.4 cm³/mol. The number of methoxy groups -OCH3 is 1. The van der Waals surface area contributed by atoms with Gasteiger partial charge in [-0.2, -0.15) is 0 Å². The first-order valence-electron chi connectivity index (χ1n) is 6.50. The number of hydrogen-bond acceptors (Lipinski definition) is 4. The lowest BCUT2D eigenvalue weighted by Crippen LogP contribution is -2.24. The molecule has 0 N–H and O–H groups in total. The Balaban J connectivity index is 0. The second kappa shape index (κ2) is 16.6. The Kier molecular flexibility index (Phi) is 18.2. The van der Waals surface area contributed by atoms with Gasteiger partial charge in [-0.05, 0) is 40.4 Å². The van der Waals surface area contributed by atoms with Crippen molar-refractivity contribution in [3.05, 3.63) is 36.6 Å². The van der Waals surface area contributed by atoms with E-state index in [0.717, 1.165) is 13.1 Å². The molecule has 0 saturated carbocycles. The number of halogens is 1. The number of ether oxygens (including phenoxy) is 1. The minimum absolute atomic E-state index is 0.0264. The van der Waals surface area contributed by atoms with E-state index in [4.69, 9.17) is 16.3 Å². The summed E-state index contributed by atoms with van der Waals surface area (Å²) >= 11 is 7.58. The first-order valence-corrected chi connectivity index (χ1v) is 8.12. The molecule has 0 bridgehead atoms. The van der Waals surface area contributed by atoms with Gasteiger partial charge in [0.25, 0.3) is 0 Å². The maximum Gasteiger partial charge on any atom is 0.0824 e. The molecule has 118 valence electrons. The van der Waals surface area contributed by atoms with Crippen molar-refractivity contribution in [2.75, 3.05) is 47.6 Å². The minimum Gasteiger partial charge on any atom is -0.504 e. The Morgan fingerprint density at radius 3 is 2.25 bits per heavy atom. The van der Waals surface area contributed by atoms with Crippen LogP contribution in [0.5, 0.6) is 0 Å². The van der Waals surface area contributed by atoms with Crippen molar-refractivity contribution in [1.82, 2.24) is 9.21 Å². The quantitative estimate of drug-likeness (QED) is 0.223. The van der Waals surface area contributed by atoms with Crippen LogP contribution in [0.3, 0.4) is 0 Å². The Morgan fingerprint density at radius 2 is 1.80 bits per heavy atom. The third-order valence-corrected chi connectivity index (χ3v) is 3.27. The molecule has 0 saturated heterocycles. The maximum atomic E-state index is 5.81. The summed E-state index contributed by atoms with van der Waals surface area (Å²) in [6.07, 6.45) is 13.0. The van der Waals surface area contributed by atoms with Gasteiger partial charge < -0.3 is 9.64 Å². The third kappa shape index (κ3) is 19.9. The molecule has 0 radical (unpaired) electrons. The zero-order valence-corrected chi connectivity index (χ0v) is 15.1. The summed E-state index contributed by atoms with van der Waals surface area (Å²) in [5.41, 5.74) is 0. The van der Waals surface area contributed by atoms with Crippen LogP contribution in [0.2, 0.25) is 0 Å². The van der Waals surface area contributed by atoms with E-state index in [1.807, 2.05) is 31.2 Å². The van der Waals surface area contributed by atoms with Crippen LogP contribution in [0.1, 0.15) is 6.92 Å². The van der Waals surface area contributed by atoms with E-state index in [0.29, 0.717) is 0 Å². The Labute approximate surface area is 134 Å². The van der Waals surface area contributed by atoms with Crippen molar-refractivity contribution >= 4 is 23.5 Å². The normalized spacial score (nSPS) is 13.4. The van der Waals surface area contributed by atoms with Crippen molar-refractivity contribution in [3.63, 3.8) is 0 Å². The summed E-state index contributed by atoms with van der Waals surface area (Å²) in [6.45, 7) is 4.21. The van der Waals surface area contributed by atoms with Gasteiger partial charge in [0.05, 0.1) is 18.7 Å². The Morgan fingerprint density at radius 1 is 1.15 bits per heavy atom. The van der Waals surface area contributed by atoms with Crippen molar-refractivity contribution in [1.29, 1.82) is 0 Å². The number of allylic oxidation sites excluding steroid dienone is 5. The van der Waals surface area contributed by atoms with Crippen LogP contribution >= 0.6 is 23.5 Å². The Hall–Kier alpha value is -0.420. The molecule has 20 heavy (non-hydrogen) atoms. The average Bonchev–Trinajstić information content (AvgIpc) is 2.42. The lowest BCUT2D eigenvalue weighted by molar-refractivity contribution is 0.338. The minimum atomic E-state index is -0.0264. The molecule has 5 heteroatoms. The molecule has 1 unspecified atom stereocenters. The molecule has 0 rings (SSSR count). The lowest BCUT2D eigenvalue weighted by atomic mass is 10.3. The standard InChI is InChI=1S/C9H13ClO.C6H16N2S/c1-3-6-9(10)7-4-5-8-11-2;1-7(2)5-6-8(3)9-4/h3-9H,1-2H3;5-6H2,1-4H3/b6-3-,7-4?,8-5+;.